The van der Waals surface area contributed by atoms with Crippen molar-refractivity contribution in [3.8, 4) is 5.95 Å². The number of hydrogen-bond acceptors (Lipinski definition) is 6. The Kier molecular flexibility index (Phi) is 3.69. The molecule has 1 aromatic carbocycles. The van der Waals surface area contributed by atoms with Crippen molar-refractivity contribution in [3.05, 3.63) is 58.4 Å². The van der Waals surface area contributed by atoms with E-state index in [4.69, 9.17) is 12.2 Å². The van der Waals surface area contributed by atoms with Crippen LogP contribution in [0.15, 0.2) is 41.6 Å². The normalized spacial score (nSPS) is 11.6. The van der Waals surface area contributed by atoms with Crippen molar-refractivity contribution in [3.63, 3.8) is 0 Å². The second kappa shape index (κ2) is 6.02. The lowest BCUT2D eigenvalue weighted by molar-refractivity contribution is 0.714. The van der Waals surface area contributed by atoms with Crippen LogP contribution in [0.3, 0.4) is 0 Å². The topological polar surface area (TPSA) is 89.6 Å². The van der Waals surface area contributed by atoms with Crippen molar-refractivity contribution in [1.82, 2.24) is 34.6 Å². The van der Waals surface area contributed by atoms with Gasteiger partial charge in [-0.15, -0.1) is 5.10 Å². The van der Waals surface area contributed by atoms with Crippen LogP contribution >= 0.6 is 12.2 Å². The molecule has 8 nitrogen and oxygen atoms in total. The number of benzene rings is 1. The van der Waals surface area contributed by atoms with Crippen LogP contribution in [0.25, 0.3) is 17.0 Å². The minimum atomic E-state index is 0.368. The Morgan fingerprint density at radius 2 is 2.00 bits per heavy atom. The molecule has 0 atom stereocenters. The van der Waals surface area contributed by atoms with Crippen molar-refractivity contribution in [1.29, 1.82) is 0 Å². The monoisotopic (exact) mass is 350 g/mol. The van der Waals surface area contributed by atoms with Gasteiger partial charge in [-0.25, -0.2) is 14.8 Å². The van der Waals surface area contributed by atoms with Gasteiger partial charge >= 0.3 is 0 Å². The van der Waals surface area contributed by atoms with E-state index >= 15 is 0 Å². The molecule has 0 saturated carbocycles. The van der Waals surface area contributed by atoms with Crippen LogP contribution in [0, 0.1) is 18.6 Å². The number of nitrogens with zero attached hydrogens (tertiary/aromatic N) is 7. The average molecular weight is 350 g/mol. The molecule has 0 saturated heterocycles. The molecule has 0 radical (unpaired) electrons. The van der Waals surface area contributed by atoms with Gasteiger partial charge in [0.2, 0.25) is 4.77 Å². The zero-order valence-electron chi connectivity index (χ0n) is 13.6. The molecule has 124 valence electrons. The van der Waals surface area contributed by atoms with Gasteiger partial charge in [-0.3, -0.25) is 4.98 Å². The van der Waals surface area contributed by atoms with E-state index in [-0.39, 0.29) is 0 Å². The van der Waals surface area contributed by atoms with Crippen LogP contribution in [0.5, 0.6) is 0 Å². The van der Waals surface area contributed by atoms with Crippen molar-refractivity contribution in [2.75, 3.05) is 0 Å². The molecule has 25 heavy (non-hydrogen) atoms. The molecule has 0 aliphatic rings. The van der Waals surface area contributed by atoms with Gasteiger partial charge in [0.15, 0.2) is 0 Å². The first kappa shape index (κ1) is 15.3. The Bertz CT molecular complexity index is 1150. The van der Waals surface area contributed by atoms with Crippen LogP contribution in [-0.2, 0) is 0 Å². The molecule has 1 N–H and O–H groups in total. The molecule has 0 bridgehead atoms. The summed E-state index contributed by atoms with van der Waals surface area (Å²) in [6.45, 7) is 3.86. The van der Waals surface area contributed by atoms with Gasteiger partial charge in [-0.05, 0) is 44.3 Å². The molecule has 0 aliphatic heterocycles. The minimum absolute atomic E-state index is 0.368. The molecule has 3 aromatic heterocycles. The van der Waals surface area contributed by atoms with Crippen LogP contribution in [0.4, 0.5) is 0 Å². The summed E-state index contributed by atoms with van der Waals surface area (Å²) in [5, 5.41) is 15.8. The molecule has 0 fully saturated rings. The number of hydrogen-bond donors (Lipinski definition) is 1. The molecular weight excluding hydrogens is 336 g/mol. The largest absolute Gasteiger partial charge is 0.271 e. The van der Waals surface area contributed by atoms with Gasteiger partial charge in [-0.1, -0.05) is 12.1 Å². The number of aryl methyl sites for hydroxylation is 2. The first-order valence-corrected chi connectivity index (χ1v) is 8.00. The lowest BCUT2D eigenvalue weighted by Crippen LogP contribution is -2.07. The molecule has 3 heterocycles. The molecular formula is C16H14N8S. The summed E-state index contributed by atoms with van der Waals surface area (Å²) >= 11 is 5.27. The summed E-state index contributed by atoms with van der Waals surface area (Å²) in [5.74, 6) is 0.487. The Balaban J connectivity index is 1.75. The third-order valence-corrected chi connectivity index (χ3v) is 3.87. The lowest BCUT2D eigenvalue weighted by atomic mass is 10.3. The van der Waals surface area contributed by atoms with Gasteiger partial charge in [0.1, 0.15) is 5.69 Å². The van der Waals surface area contributed by atoms with Gasteiger partial charge < -0.3 is 0 Å². The Morgan fingerprint density at radius 1 is 1.20 bits per heavy atom. The van der Waals surface area contributed by atoms with E-state index in [1.165, 1.54) is 4.68 Å². The number of fused-ring (bicyclic) bond motifs is 1. The maximum Gasteiger partial charge on any atom is 0.271 e. The van der Waals surface area contributed by atoms with E-state index < -0.39 is 0 Å². The average Bonchev–Trinajstić information content (AvgIpc) is 3.14. The molecule has 0 unspecified atom stereocenters. The molecule has 4 aromatic rings. The number of nitrogens with one attached hydrogen (secondary N) is 1. The maximum atomic E-state index is 5.27. The molecule has 9 heteroatoms. The predicted molar refractivity (Wildman–Crippen MR) is 96.5 cm³/mol. The summed E-state index contributed by atoms with van der Waals surface area (Å²) < 4.78 is 3.56. The molecule has 0 amide bonds. The molecule has 0 aliphatic carbocycles. The first-order chi connectivity index (χ1) is 12.1. The SMILES string of the molecule is Cc1cc(C)n(-c2n[nH]c(=S)n2/N=C\c2cnc3ccccc3n2)n1. The molecule has 4 rings (SSSR count). The Morgan fingerprint density at radius 3 is 2.76 bits per heavy atom. The zero-order chi connectivity index (χ0) is 17.4. The summed E-state index contributed by atoms with van der Waals surface area (Å²) in [6.07, 6.45) is 3.26. The van der Waals surface area contributed by atoms with Gasteiger partial charge in [-0.2, -0.15) is 14.9 Å². The summed E-state index contributed by atoms with van der Waals surface area (Å²) in [4.78, 5) is 8.89. The standard InChI is InChI=1S/C16H14N8S/c1-10-7-11(2)23(22-10)15-20-21-16(25)24(15)18-9-12-8-17-13-5-3-4-6-14(13)19-12/h3-9H,1-2H3,(H,21,25)/b18-9-. The number of aromatic nitrogens is 7. The van der Waals surface area contributed by atoms with E-state index in [1.807, 2.05) is 44.2 Å². The van der Waals surface area contributed by atoms with Gasteiger partial charge in [0, 0.05) is 5.69 Å². The second-order valence-corrected chi connectivity index (χ2v) is 5.89. The third kappa shape index (κ3) is 2.85. The summed E-state index contributed by atoms with van der Waals surface area (Å²) in [6, 6.07) is 9.63. The van der Waals surface area contributed by atoms with Gasteiger partial charge in [0.25, 0.3) is 5.95 Å². The van der Waals surface area contributed by atoms with E-state index in [2.05, 4.69) is 30.4 Å². The Labute approximate surface area is 147 Å². The minimum Gasteiger partial charge on any atom is -0.252 e. The number of para-hydroxylation sites is 2. The van der Waals surface area contributed by atoms with E-state index in [1.54, 1.807) is 17.1 Å². The van der Waals surface area contributed by atoms with Crippen molar-refractivity contribution in [2.24, 2.45) is 5.10 Å². The highest BCUT2D eigenvalue weighted by Crippen LogP contribution is 2.11. The third-order valence-electron chi connectivity index (χ3n) is 3.61. The summed E-state index contributed by atoms with van der Waals surface area (Å²) in [5.41, 5.74) is 4.10. The Hall–Kier alpha value is -3.20. The first-order valence-electron chi connectivity index (χ1n) is 7.59. The number of aromatic amines is 1. The molecule has 0 spiro atoms. The van der Waals surface area contributed by atoms with Crippen LogP contribution in [-0.4, -0.2) is 40.8 Å². The van der Waals surface area contributed by atoms with E-state index in [0.29, 0.717) is 16.4 Å². The van der Waals surface area contributed by atoms with E-state index in [0.717, 1.165) is 22.4 Å². The smallest absolute Gasteiger partial charge is 0.252 e. The van der Waals surface area contributed by atoms with Crippen LogP contribution in [0.1, 0.15) is 17.1 Å². The predicted octanol–water partition coefficient (Wildman–Crippen LogP) is 2.57. The fraction of sp³-hybridized carbons (Fsp3) is 0.125. The number of rotatable bonds is 3. The highest BCUT2D eigenvalue weighted by atomic mass is 32.1. The fourth-order valence-corrected chi connectivity index (χ4v) is 2.68. The maximum absolute atomic E-state index is 5.27. The zero-order valence-corrected chi connectivity index (χ0v) is 14.4. The second-order valence-electron chi connectivity index (χ2n) is 5.51. The highest BCUT2D eigenvalue weighted by Gasteiger charge is 2.11. The quantitative estimate of drug-likeness (QED) is 0.453. The van der Waals surface area contributed by atoms with E-state index in [9.17, 15) is 0 Å². The van der Waals surface area contributed by atoms with Gasteiger partial charge in [0.05, 0.1) is 29.1 Å². The van der Waals surface area contributed by atoms with Crippen LogP contribution < -0.4 is 0 Å². The van der Waals surface area contributed by atoms with Crippen LogP contribution in [0.2, 0.25) is 0 Å². The van der Waals surface area contributed by atoms with Crippen molar-refractivity contribution >= 4 is 29.5 Å². The van der Waals surface area contributed by atoms with Crippen molar-refractivity contribution in [2.45, 2.75) is 13.8 Å². The number of H-pyrrole nitrogens is 1. The fourth-order valence-electron chi connectivity index (χ4n) is 2.51. The lowest BCUT2D eigenvalue weighted by Gasteiger charge is -2.02. The summed E-state index contributed by atoms with van der Waals surface area (Å²) in [7, 11) is 0. The highest BCUT2D eigenvalue weighted by molar-refractivity contribution is 7.71. The van der Waals surface area contributed by atoms with Crippen molar-refractivity contribution < 1.29 is 0 Å².